The van der Waals surface area contributed by atoms with Gasteiger partial charge in [-0.2, -0.15) is 0 Å². The third-order valence-electron chi connectivity index (χ3n) is 4.45. The Morgan fingerprint density at radius 1 is 1.45 bits per heavy atom. The molecule has 2 heterocycles. The van der Waals surface area contributed by atoms with E-state index in [1.54, 1.807) is 0 Å². The van der Waals surface area contributed by atoms with Crippen LogP contribution >= 0.6 is 11.6 Å². The van der Waals surface area contributed by atoms with Crippen LogP contribution in [0, 0.1) is 0 Å². The van der Waals surface area contributed by atoms with E-state index in [1.165, 1.54) is 11.1 Å². The predicted octanol–water partition coefficient (Wildman–Crippen LogP) is 3.25. The summed E-state index contributed by atoms with van der Waals surface area (Å²) in [4.78, 5) is 2.16. The molecule has 2 aromatic rings. The zero-order valence-electron chi connectivity index (χ0n) is 11.3. The molecule has 1 atom stereocenters. The zero-order valence-corrected chi connectivity index (χ0v) is 12.1. The molecule has 2 aliphatic heterocycles. The lowest BCUT2D eigenvalue weighted by molar-refractivity contribution is 0.360. The normalized spacial score (nSPS) is 20.1. The van der Waals surface area contributed by atoms with Gasteiger partial charge in [0.15, 0.2) is 0 Å². The van der Waals surface area contributed by atoms with Crippen LogP contribution in [0.4, 0.5) is 5.69 Å². The van der Waals surface area contributed by atoms with Gasteiger partial charge in [-0.15, -0.1) is 11.6 Å². The summed E-state index contributed by atoms with van der Waals surface area (Å²) in [5.41, 5.74) is 3.53. The molecular formula is C16H16ClNO2. The van der Waals surface area contributed by atoms with E-state index in [2.05, 4.69) is 11.0 Å². The number of aromatic hydroxyl groups is 1. The molecule has 0 saturated heterocycles. The van der Waals surface area contributed by atoms with Gasteiger partial charge in [-0.3, -0.25) is 0 Å². The molecule has 1 N–H and O–H groups in total. The average molecular weight is 290 g/mol. The summed E-state index contributed by atoms with van der Waals surface area (Å²) in [5, 5.41) is 12.3. The summed E-state index contributed by atoms with van der Waals surface area (Å²) in [5.74, 6) is 2.13. The number of halogens is 1. The fraction of sp³-hybridized carbons (Fsp3) is 0.375. The molecule has 0 aromatic heterocycles. The van der Waals surface area contributed by atoms with Gasteiger partial charge in [-0.1, -0.05) is 12.1 Å². The number of alkyl halides is 1. The summed E-state index contributed by atoms with van der Waals surface area (Å²) in [6.45, 7) is 1.61. The molecule has 20 heavy (non-hydrogen) atoms. The SMILES string of the molecule is CN1CC(CCl)c2c1cc(O)c1ccc3c(c21)OCC3. The Kier molecular flexibility index (Phi) is 2.55. The second-order valence-electron chi connectivity index (χ2n) is 5.64. The number of anilines is 1. The summed E-state index contributed by atoms with van der Waals surface area (Å²) in [6, 6.07) is 5.92. The second kappa shape index (κ2) is 4.19. The van der Waals surface area contributed by atoms with E-state index in [0.717, 1.165) is 41.8 Å². The van der Waals surface area contributed by atoms with Crippen LogP contribution in [0.15, 0.2) is 18.2 Å². The quantitative estimate of drug-likeness (QED) is 0.818. The minimum absolute atomic E-state index is 0.287. The van der Waals surface area contributed by atoms with Gasteiger partial charge >= 0.3 is 0 Å². The van der Waals surface area contributed by atoms with E-state index in [-0.39, 0.29) is 5.92 Å². The van der Waals surface area contributed by atoms with Crippen LogP contribution < -0.4 is 9.64 Å². The number of ether oxygens (including phenoxy) is 1. The third kappa shape index (κ3) is 1.47. The van der Waals surface area contributed by atoms with Crippen molar-refractivity contribution in [3.63, 3.8) is 0 Å². The maximum atomic E-state index is 10.3. The van der Waals surface area contributed by atoms with Crippen LogP contribution in [0.3, 0.4) is 0 Å². The smallest absolute Gasteiger partial charge is 0.130 e. The number of hydrogen-bond acceptors (Lipinski definition) is 3. The summed E-state index contributed by atoms with van der Waals surface area (Å²) in [7, 11) is 2.04. The number of hydrogen-bond donors (Lipinski definition) is 1. The van der Waals surface area contributed by atoms with Gasteiger partial charge in [0.05, 0.1) is 6.61 Å². The van der Waals surface area contributed by atoms with Crippen molar-refractivity contribution in [2.75, 3.05) is 31.0 Å². The lowest BCUT2D eigenvalue weighted by Crippen LogP contribution is -2.15. The van der Waals surface area contributed by atoms with E-state index in [9.17, 15) is 5.11 Å². The monoisotopic (exact) mass is 289 g/mol. The van der Waals surface area contributed by atoms with E-state index >= 15 is 0 Å². The second-order valence-corrected chi connectivity index (χ2v) is 5.94. The highest BCUT2D eigenvalue weighted by molar-refractivity contribution is 6.19. The number of phenolic OH excluding ortho intramolecular Hbond substituents is 1. The molecule has 2 aliphatic rings. The Morgan fingerprint density at radius 3 is 3.10 bits per heavy atom. The van der Waals surface area contributed by atoms with E-state index in [4.69, 9.17) is 16.3 Å². The fourth-order valence-corrected chi connectivity index (χ4v) is 3.77. The molecule has 0 fully saturated rings. The van der Waals surface area contributed by atoms with E-state index < -0.39 is 0 Å². The number of benzene rings is 2. The van der Waals surface area contributed by atoms with Gasteiger partial charge in [0.1, 0.15) is 11.5 Å². The Labute approximate surface area is 122 Å². The van der Waals surface area contributed by atoms with Gasteiger partial charge < -0.3 is 14.7 Å². The minimum atomic E-state index is 0.287. The molecule has 1 unspecified atom stereocenters. The van der Waals surface area contributed by atoms with Crippen LogP contribution in [0.1, 0.15) is 17.0 Å². The third-order valence-corrected chi connectivity index (χ3v) is 4.82. The number of rotatable bonds is 1. The van der Waals surface area contributed by atoms with Crippen molar-refractivity contribution in [1.29, 1.82) is 0 Å². The standard InChI is InChI=1S/C16H16ClNO2/c1-18-8-10(7-17)14-12(18)6-13(19)11-3-2-9-4-5-20-16(9)15(11)14/h2-3,6,10,19H,4-5,7-8H2,1H3. The molecule has 0 amide bonds. The molecule has 0 spiro atoms. The Balaban J connectivity index is 2.14. The first-order valence-corrected chi connectivity index (χ1v) is 7.45. The zero-order chi connectivity index (χ0) is 13.9. The summed E-state index contributed by atoms with van der Waals surface area (Å²) in [6.07, 6.45) is 0.942. The molecule has 4 rings (SSSR count). The van der Waals surface area contributed by atoms with Crippen LogP contribution in [-0.2, 0) is 6.42 Å². The predicted molar refractivity (Wildman–Crippen MR) is 81.5 cm³/mol. The van der Waals surface area contributed by atoms with Gasteiger partial charge in [-0.25, -0.2) is 0 Å². The largest absolute Gasteiger partial charge is 0.507 e. The van der Waals surface area contributed by atoms with Crippen LogP contribution in [0.25, 0.3) is 10.8 Å². The fourth-order valence-electron chi connectivity index (χ4n) is 3.52. The van der Waals surface area contributed by atoms with Crippen LogP contribution in [0.2, 0.25) is 0 Å². The Bertz CT molecular complexity index is 713. The number of nitrogens with zero attached hydrogens (tertiary/aromatic N) is 1. The van der Waals surface area contributed by atoms with Gasteiger partial charge in [0, 0.05) is 54.3 Å². The first kappa shape index (κ1) is 12.2. The molecule has 0 radical (unpaired) electrons. The number of likely N-dealkylation sites (N-methyl/N-ethyl adjacent to an activating group) is 1. The van der Waals surface area contributed by atoms with Crippen molar-refractivity contribution in [3.8, 4) is 11.5 Å². The van der Waals surface area contributed by atoms with Crippen molar-refractivity contribution in [3.05, 3.63) is 29.3 Å². The number of fused-ring (bicyclic) bond motifs is 5. The molecule has 0 bridgehead atoms. The van der Waals surface area contributed by atoms with Crippen molar-refractivity contribution >= 4 is 28.1 Å². The van der Waals surface area contributed by atoms with Crippen LogP contribution in [0.5, 0.6) is 11.5 Å². The first-order valence-electron chi connectivity index (χ1n) is 6.92. The molecule has 2 aromatic carbocycles. The Morgan fingerprint density at radius 2 is 2.30 bits per heavy atom. The highest BCUT2D eigenvalue weighted by Gasteiger charge is 2.32. The maximum Gasteiger partial charge on any atom is 0.130 e. The molecule has 104 valence electrons. The van der Waals surface area contributed by atoms with Gasteiger partial charge in [0.2, 0.25) is 0 Å². The van der Waals surface area contributed by atoms with Gasteiger partial charge in [-0.05, 0) is 11.1 Å². The van der Waals surface area contributed by atoms with Crippen molar-refractivity contribution in [2.45, 2.75) is 12.3 Å². The topological polar surface area (TPSA) is 32.7 Å². The van der Waals surface area contributed by atoms with Crippen molar-refractivity contribution in [2.24, 2.45) is 0 Å². The number of phenols is 1. The lowest BCUT2D eigenvalue weighted by atomic mass is 9.93. The molecule has 0 aliphatic carbocycles. The van der Waals surface area contributed by atoms with E-state index in [0.29, 0.717) is 11.6 Å². The maximum absolute atomic E-state index is 10.3. The van der Waals surface area contributed by atoms with Crippen molar-refractivity contribution < 1.29 is 9.84 Å². The summed E-state index contributed by atoms with van der Waals surface area (Å²) < 4.78 is 5.85. The first-order chi connectivity index (χ1) is 9.70. The highest BCUT2D eigenvalue weighted by Crippen LogP contribution is 2.49. The minimum Gasteiger partial charge on any atom is -0.507 e. The molecule has 0 saturated carbocycles. The lowest BCUT2D eigenvalue weighted by Gasteiger charge is -2.15. The van der Waals surface area contributed by atoms with E-state index in [1.807, 2.05) is 19.2 Å². The molecule has 3 nitrogen and oxygen atoms in total. The Hall–Kier alpha value is -1.61. The van der Waals surface area contributed by atoms with Crippen LogP contribution in [-0.4, -0.2) is 31.2 Å². The average Bonchev–Trinajstić information content (AvgIpc) is 3.03. The highest BCUT2D eigenvalue weighted by atomic mass is 35.5. The molecular weight excluding hydrogens is 274 g/mol. The molecule has 4 heteroatoms. The van der Waals surface area contributed by atoms with Gasteiger partial charge in [0.25, 0.3) is 0 Å². The summed E-state index contributed by atoms with van der Waals surface area (Å²) >= 11 is 6.16. The van der Waals surface area contributed by atoms with Crippen molar-refractivity contribution in [1.82, 2.24) is 0 Å².